The molecule has 9 heteroatoms. The molecule has 0 radical (unpaired) electrons. The van der Waals surface area contributed by atoms with E-state index in [9.17, 15) is 9.59 Å². The molecule has 1 aliphatic carbocycles. The largest absolute Gasteiger partial charge is 0.352 e. The molecule has 27 heavy (non-hydrogen) atoms. The van der Waals surface area contributed by atoms with Crippen LogP contribution in [0.4, 0.5) is 0 Å². The molecule has 0 saturated heterocycles. The maximum Gasteiger partial charge on any atom is 0.352 e. The number of halogens is 2. The van der Waals surface area contributed by atoms with Crippen molar-refractivity contribution in [3.8, 4) is 0 Å². The molecule has 1 N–H and O–H groups in total. The minimum Gasteiger partial charge on any atom is -0.348 e. The highest BCUT2D eigenvalue weighted by molar-refractivity contribution is 6.42. The van der Waals surface area contributed by atoms with Crippen molar-refractivity contribution in [1.82, 2.24) is 24.5 Å². The van der Waals surface area contributed by atoms with E-state index in [0.717, 1.165) is 18.4 Å². The highest BCUT2D eigenvalue weighted by Crippen LogP contribution is 2.38. The summed E-state index contributed by atoms with van der Waals surface area (Å²) < 4.78 is 2.66. The van der Waals surface area contributed by atoms with Crippen molar-refractivity contribution in [2.45, 2.75) is 38.3 Å². The van der Waals surface area contributed by atoms with Gasteiger partial charge in [-0.1, -0.05) is 29.3 Å². The summed E-state index contributed by atoms with van der Waals surface area (Å²) in [6.45, 7) is 1.66. The molecule has 0 spiro atoms. The monoisotopic (exact) mass is 405 g/mol. The fourth-order valence-corrected chi connectivity index (χ4v) is 3.31. The number of fused-ring (bicyclic) bond motifs is 1. The molecule has 2 aromatic heterocycles. The molecular formula is C18H17Cl2N5O2. The Kier molecular flexibility index (Phi) is 4.65. The summed E-state index contributed by atoms with van der Waals surface area (Å²) in [7, 11) is 0. The van der Waals surface area contributed by atoms with E-state index >= 15 is 0 Å². The number of hydrogen-bond donors (Lipinski definition) is 1. The molecule has 0 bridgehead atoms. The van der Waals surface area contributed by atoms with E-state index < -0.39 is 0 Å². The van der Waals surface area contributed by atoms with Gasteiger partial charge in [-0.2, -0.15) is 0 Å². The second kappa shape index (κ2) is 6.98. The van der Waals surface area contributed by atoms with Gasteiger partial charge in [-0.15, -0.1) is 5.10 Å². The third-order valence-corrected chi connectivity index (χ3v) is 5.32. The molecule has 1 fully saturated rings. The Hall–Kier alpha value is -2.38. The molecule has 4 rings (SSSR count). The first kappa shape index (κ1) is 18.0. The number of benzene rings is 1. The smallest absolute Gasteiger partial charge is 0.348 e. The topological polar surface area (TPSA) is 81.3 Å². The lowest BCUT2D eigenvalue weighted by molar-refractivity contribution is -0.122. The lowest BCUT2D eigenvalue weighted by atomic mass is 10.1. The van der Waals surface area contributed by atoms with E-state index in [0.29, 0.717) is 27.4 Å². The lowest BCUT2D eigenvalue weighted by Crippen LogP contribution is -2.34. The number of amides is 1. The number of carbonyl (C=O) groups is 1. The summed E-state index contributed by atoms with van der Waals surface area (Å²) in [5, 5.41) is 7.98. The van der Waals surface area contributed by atoms with Crippen LogP contribution >= 0.6 is 23.2 Å². The van der Waals surface area contributed by atoms with Gasteiger partial charge in [-0.3, -0.25) is 4.79 Å². The van der Waals surface area contributed by atoms with Gasteiger partial charge in [0.1, 0.15) is 12.4 Å². The van der Waals surface area contributed by atoms with Crippen LogP contribution in [0.25, 0.3) is 5.65 Å². The molecule has 1 saturated carbocycles. The van der Waals surface area contributed by atoms with Crippen molar-refractivity contribution >= 4 is 34.8 Å². The van der Waals surface area contributed by atoms with E-state index in [1.54, 1.807) is 30.5 Å². The first-order chi connectivity index (χ1) is 12.9. The summed E-state index contributed by atoms with van der Waals surface area (Å²) in [4.78, 5) is 29.4. The summed E-state index contributed by atoms with van der Waals surface area (Å²) in [5.41, 5.74) is 0.972. The van der Waals surface area contributed by atoms with Crippen molar-refractivity contribution < 1.29 is 4.79 Å². The van der Waals surface area contributed by atoms with Crippen LogP contribution in [0.3, 0.4) is 0 Å². The van der Waals surface area contributed by atoms with Crippen LogP contribution in [-0.4, -0.2) is 25.1 Å². The van der Waals surface area contributed by atoms with Crippen LogP contribution in [0.5, 0.6) is 0 Å². The summed E-state index contributed by atoms with van der Waals surface area (Å²) in [5.74, 6) is 0.695. The van der Waals surface area contributed by atoms with Gasteiger partial charge in [0.25, 0.3) is 0 Å². The number of aromatic nitrogens is 4. The fraction of sp³-hybridized carbons (Fsp3) is 0.333. The number of hydrogen-bond acceptors (Lipinski definition) is 4. The zero-order valence-electron chi connectivity index (χ0n) is 14.5. The van der Waals surface area contributed by atoms with Crippen LogP contribution in [0.2, 0.25) is 10.0 Å². The van der Waals surface area contributed by atoms with E-state index in [1.165, 1.54) is 9.08 Å². The summed E-state index contributed by atoms with van der Waals surface area (Å²) >= 11 is 11.9. The Labute approximate surface area is 164 Å². The zero-order valence-corrected chi connectivity index (χ0v) is 16.0. The van der Waals surface area contributed by atoms with Gasteiger partial charge in [0.15, 0.2) is 5.65 Å². The van der Waals surface area contributed by atoms with Crippen molar-refractivity contribution in [3.05, 3.63) is 62.4 Å². The first-order valence-electron chi connectivity index (χ1n) is 8.63. The summed E-state index contributed by atoms with van der Waals surface area (Å²) in [6, 6.07) is 6.56. The lowest BCUT2D eigenvalue weighted by Gasteiger charge is -2.14. The minimum absolute atomic E-state index is 0.170. The van der Waals surface area contributed by atoms with Crippen LogP contribution in [0.15, 0.2) is 35.3 Å². The van der Waals surface area contributed by atoms with E-state index in [4.69, 9.17) is 23.2 Å². The maximum absolute atomic E-state index is 12.7. The van der Waals surface area contributed by atoms with Crippen molar-refractivity contribution in [2.75, 3.05) is 0 Å². The highest BCUT2D eigenvalue weighted by Gasteiger charge is 2.29. The van der Waals surface area contributed by atoms with E-state index in [1.807, 2.05) is 6.92 Å². The molecule has 0 unspecified atom stereocenters. The van der Waals surface area contributed by atoms with Gasteiger partial charge in [-0.25, -0.2) is 18.9 Å². The van der Waals surface area contributed by atoms with Crippen LogP contribution in [0.1, 0.15) is 43.1 Å². The maximum atomic E-state index is 12.7. The standard InChI is InChI=1S/C18H17Cl2N5O2/c1-10(12-4-5-13(19)14(20)8-12)22-16(26)9-24-18(27)25-15(23-24)6-7-21-17(25)11-2-3-11/h4-8,10-11H,2-3,9H2,1H3,(H,22,26)/t10-/m0/s1. The quantitative estimate of drug-likeness (QED) is 0.707. The molecule has 1 amide bonds. The molecule has 7 nitrogen and oxygen atoms in total. The Morgan fingerprint density at radius 2 is 2.07 bits per heavy atom. The normalized spacial score (nSPS) is 15.1. The van der Waals surface area contributed by atoms with Crippen molar-refractivity contribution in [2.24, 2.45) is 0 Å². The number of carbonyl (C=O) groups excluding carboxylic acids is 1. The predicted octanol–water partition coefficient (Wildman–Crippen LogP) is 2.95. The van der Waals surface area contributed by atoms with Gasteiger partial charge in [0.2, 0.25) is 5.91 Å². The molecule has 1 aliphatic rings. The Bertz CT molecular complexity index is 1090. The Morgan fingerprint density at radius 3 is 2.78 bits per heavy atom. The van der Waals surface area contributed by atoms with Gasteiger partial charge in [0.05, 0.1) is 16.1 Å². The fourth-order valence-electron chi connectivity index (χ4n) is 3.01. The second-order valence-corrected chi connectivity index (χ2v) is 7.49. The van der Waals surface area contributed by atoms with Crippen molar-refractivity contribution in [1.29, 1.82) is 0 Å². The van der Waals surface area contributed by atoms with Crippen LogP contribution < -0.4 is 11.0 Å². The molecule has 0 aliphatic heterocycles. The molecule has 2 heterocycles. The van der Waals surface area contributed by atoms with Gasteiger partial charge < -0.3 is 5.32 Å². The van der Waals surface area contributed by atoms with Gasteiger partial charge in [0, 0.05) is 18.2 Å². The number of nitrogens with zero attached hydrogens (tertiary/aromatic N) is 4. The molecule has 1 atom stereocenters. The van der Waals surface area contributed by atoms with Gasteiger partial charge in [-0.05, 0) is 37.5 Å². The third kappa shape index (κ3) is 3.57. The summed E-state index contributed by atoms with van der Waals surface area (Å²) in [6.07, 6.45) is 3.68. The van der Waals surface area contributed by atoms with Crippen molar-refractivity contribution in [3.63, 3.8) is 0 Å². The molecule has 3 aromatic rings. The highest BCUT2D eigenvalue weighted by atomic mass is 35.5. The molecule has 1 aromatic carbocycles. The second-order valence-electron chi connectivity index (χ2n) is 6.67. The SMILES string of the molecule is C[C@H](NC(=O)Cn1nc2ccnc(C3CC3)n2c1=O)c1ccc(Cl)c(Cl)c1. The van der Waals surface area contributed by atoms with E-state index in [-0.39, 0.29) is 24.2 Å². The minimum atomic E-state index is -0.350. The van der Waals surface area contributed by atoms with Crippen LogP contribution in [0, 0.1) is 0 Å². The average molecular weight is 406 g/mol. The Balaban J connectivity index is 1.52. The molecule has 140 valence electrons. The molecular weight excluding hydrogens is 389 g/mol. The van der Waals surface area contributed by atoms with E-state index in [2.05, 4.69) is 15.4 Å². The number of rotatable bonds is 5. The average Bonchev–Trinajstić information content (AvgIpc) is 3.43. The Morgan fingerprint density at radius 1 is 1.30 bits per heavy atom. The predicted molar refractivity (Wildman–Crippen MR) is 102 cm³/mol. The first-order valence-corrected chi connectivity index (χ1v) is 9.38. The number of nitrogens with one attached hydrogen (secondary N) is 1. The zero-order chi connectivity index (χ0) is 19.1. The third-order valence-electron chi connectivity index (χ3n) is 4.58. The van der Waals surface area contributed by atoms with Gasteiger partial charge >= 0.3 is 5.69 Å². The van der Waals surface area contributed by atoms with Crippen LogP contribution in [-0.2, 0) is 11.3 Å².